The first-order chi connectivity index (χ1) is 13.8. The zero-order chi connectivity index (χ0) is 22.0. The van der Waals surface area contributed by atoms with Gasteiger partial charge in [-0.05, 0) is 43.1 Å². The smallest absolute Gasteiger partial charge is 0.222 e. The number of amides is 1. The summed E-state index contributed by atoms with van der Waals surface area (Å²) in [6.07, 6.45) is 8.55. The van der Waals surface area contributed by atoms with Crippen molar-refractivity contribution < 1.29 is 9.90 Å². The minimum Gasteiger partial charge on any atom is -0.388 e. The van der Waals surface area contributed by atoms with E-state index in [1.807, 2.05) is 52.8 Å². The first kappa shape index (κ1) is 24.2. The number of aliphatic hydroxyl groups excluding tert-OH is 1. The molecule has 2 N–H and O–H groups in total. The van der Waals surface area contributed by atoms with Crippen LogP contribution in [0.25, 0.3) is 16.5 Å². The van der Waals surface area contributed by atoms with Crippen LogP contribution in [0.5, 0.6) is 0 Å². The second-order valence-corrected chi connectivity index (χ2v) is 6.58. The molecule has 2 aromatic rings. The van der Waals surface area contributed by atoms with Crippen molar-refractivity contribution >= 4 is 28.2 Å². The number of aromatic nitrogens is 2. The van der Waals surface area contributed by atoms with Gasteiger partial charge in [0.25, 0.3) is 0 Å². The molecular formula is C24H33N3O2. The van der Waals surface area contributed by atoms with E-state index in [0.29, 0.717) is 17.8 Å². The molecule has 0 aromatic carbocycles. The van der Waals surface area contributed by atoms with Crippen LogP contribution >= 0.6 is 0 Å². The van der Waals surface area contributed by atoms with Crippen LogP contribution < -0.4 is 5.32 Å². The lowest BCUT2D eigenvalue weighted by Gasteiger charge is -2.13. The zero-order valence-electron chi connectivity index (χ0n) is 18.4. The van der Waals surface area contributed by atoms with Crippen molar-refractivity contribution in [2.24, 2.45) is 0 Å². The first-order valence-corrected chi connectivity index (χ1v) is 10.1. The maximum absolute atomic E-state index is 11.2. The summed E-state index contributed by atoms with van der Waals surface area (Å²) in [5.74, 6) is 0.319. The lowest BCUT2D eigenvalue weighted by molar-refractivity contribution is -0.114. The van der Waals surface area contributed by atoms with Crippen LogP contribution in [-0.4, -0.2) is 27.1 Å². The van der Waals surface area contributed by atoms with Gasteiger partial charge in [-0.2, -0.15) is 0 Å². The largest absolute Gasteiger partial charge is 0.388 e. The standard InChI is InChI=1S/C22H27N3O2.C2H6/c1-6-8-21(27)15(4)9-14(3)19(7-2)17-10-18-13-24-22(25-16(5)26)11-20(18)23-12-17;1-2/h7,9-13,21,27H,4,6,8H2,1-3,5H3,(H,24,25,26);1-2H3/b14-9-,19-7+;. The third kappa shape index (κ3) is 6.95. The van der Waals surface area contributed by atoms with Gasteiger partial charge in [-0.25, -0.2) is 4.98 Å². The van der Waals surface area contributed by atoms with Gasteiger partial charge in [-0.15, -0.1) is 0 Å². The SMILES string of the molecule is C=C(/C=C(C)\C(=C/C)c1cnc2cc(NC(C)=O)ncc2c1)C(O)CCC.CC. The highest BCUT2D eigenvalue weighted by atomic mass is 16.3. The Hall–Kier alpha value is -2.79. The molecule has 1 amide bonds. The highest BCUT2D eigenvalue weighted by Crippen LogP contribution is 2.27. The Bertz CT molecular complexity index is 913. The summed E-state index contributed by atoms with van der Waals surface area (Å²) >= 11 is 0. The maximum atomic E-state index is 11.2. The van der Waals surface area contributed by atoms with Gasteiger partial charge < -0.3 is 10.4 Å². The monoisotopic (exact) mass is 395 g/mol. The molecule has 0 fully saturated rings. The molecule has 5 heteroatoms. The van der Waals surface area contributed by atoms with E-state index in [2.05, 4.69) is 21.9 Å². The van der Waals surface area contributed by atoms with Crippen LogP contribution in [0.4, 0.5) is 5.82 Å². The number of carbonyl (C=O) groups excluding carboxylic acids is 1. The van der Waals surface area contributed by atoms with Crippen molar-refractivity contribution in [1.29, 1.82) is 0 Å². The molecule has 0 saturated heterocycles. The lowest BCUT2D eigenvalue weighted by Crippen LogP contribution is -2.07. The van der Waals surface area contributed by atoms with Crippen LogP contribution in [-0.2, 0) is 4.79 Å². The van der Waals surface area contributed by atoms with E-state index in [-0.39, 0.29) is 5.91 Å². The van der Waals surface area contributed by atoms with E-state index in [4.69, 9.17) is 0 Å². The van der Waals surface area contributed by atoms with Crippen LogP contribution in [0.1, 0.15) is 59.9 Å². The molecule has 0 radical (unpaired) electrons. The number of nitrogens with one attached hydrogen (secondary N) is 1. The van der Waals surface area contributed by atoms with E-state index in [1.165, 1.54) is 6.92 Å². The highest BCUT2D eigenvalue weighted by molar-refractivity contribution is 5.91. The Labute approximate surface area is 174 Å². The van der Waals surface area contributed by atoms with Crippen molar-refractivity contribution in [1.82, 2.24) is 9.97 Å². The van der Waals surface area contributed by atoms with Crippen molar-refractivity contribution in [3.05, 3.63) is 60.0 Å². The Morgan fingerprint density at radius 1 is 1.24 bits per heavy atom. The van der Waals surface area contributed by atoms with E-state index in [9.17, 15) is 9.90 Å². The van der Waals surface area contributed by atoms with Crippen LogP contribution in [0.3, 0.4) is 0 Å². The molecule has 5 nitrogen and oxygen atoms in total. The summed E-state index contributed by atoms with van der Waals surface area (Å²) in [6.45, 7) is 15.5. The van der Waals surface area contributed by atoms with Crippen molar-refractivity contribution in [2.75, 3.05) is 5.32 Å². The molecule has 2 aromatic heterocycles. The summed E-state index contributed by atoms with van der Waals surface area (Å²) in [7, 11) is 0. The molecule has 1 atom stereocenters. The number of pyridine rings is 2. The molecule has 0 saturated carbocycles. The second kappa shape index (κ2) is 11.9. The zero-order valence-corrected chi connectivity index (χ0v) is 18.4. The average Bonchev–Trinajstić information content (AvgIpc) is 2.69. The van der Waals surface area contributed by atoms with Crippen LogP contribution in [0.15, 0.2) is 54.4 Å². The molecule has 0 aliphatic heterocycles. The summed E-state index contributed by atoms with van der Waals surface area (Å²) in [4.78, 5) is 19.9. The molecule has 0 bridgehead atoms. The van der Waals surface area contributed by atoms with Gasteiger partial charge in [0.05, 0.1) is 11.6 Å². The number of anilines is 1. The minimum absolute atomic E-state index is 0.166. The molecule has 2 rings (SSSR count). The Morgan fingerprint density at radius 2 is 1.93 bits per heavy atom. The molecule has 0 aliphatic rings. The number of rotatable bonds is 7. The molecular weight excluding hydrogens is 362 g/mol. The van der Waals surface area contributed by atoms with Crippen molar-refractivity contribution in [2.45, 2.75) is 60.5 Å². The van der Waals surface area contributed by atoms with Gasteiger partial charge in [0.2, 0.25) is 5.91 Å². The summed E-state index contributed by atoms with van der Waals surface area (Å²) in [5.41, 5.74) is 4.48. The third-order valence-electron chi connectivity index (χ3n) is 4.29. The summed E-state index contributed by atoms with van der Waals surface area (Å²) < 4.78 is 0. The fraction of sp³-hybridized carbons (Fsp3) is 0.375. The summed E-state index contributed by atoms with van der Waals surface area (Å²) in [6, 6.07) is 3.77. The van der Waals surface area contributed by atoms with E-state index < -0.39 is 6.10 Å². The van der Waals surface area contributed by atoms with Gasteiger partial charge in [0.15, 0.2) is 0 Å². The maximum Gasteiger partial charge on any atom is 0.222 e. The number of hydrogen-bond donors (Lipinski definition) is 2. The summed E-state index contributed by atoms with van der Waals surface area (Å²) in [5, 5.41) is 13.7. The highest BCUT2D eigenvalue weighted by Gasteiger charge is 2.10. The molecule has 0 spiro atoms. The van der Waals surface area contributed by atoms with Crippen molar-refractivity contribution in [3.8, 4) is 0 Å². The Balaban J connectivity index is 0.00000204. The first-order valence-electron chi connectivity index (χ1n) is 10.1. The van der Waals surface area contributed by atoms with E-state index >= 15 is 0 Å². The van der Waals surface area contributed by atoms with Crippen LogP contribution in [0.2, 0.25) is 0 Å². The number of allylic oxidation sites excluding steroid dienone is 3. The molecule has 1 unspecified atom stereocenters. The van der Waals surface area contributed by atoms with Gasteiger partial charge in [-0.1, -0.05) is 45.9 Å². The van der Waals surface area contributed by atoms with Crippen molar-refractivity contribution in [3.63, 3.8) is 0 Å². The normalized spacial score (nSPS) is 12.8. The van der Waals surface area contributed by atoms with E-state index in [1.54, 1.807) is 18.5 Å². The molecule has 29 heavy (non-hydrogen) atoms. The average molecular weight is 396 g/mol. The third-order valence-corrected chi connectivity index (χ3v) is 4.29. The van der Waals surface area contributed by atoms with Gasteiger partial charge >= 0.3 is 0 Å². The number of fused-ring (bicyclic) bond motifs is 1. The number of hydrogen-bond acceptors (Lipinski definition) is 4. The lowest BCUT2D eigenvalue weighted by atomic mass is 9.96. The van der Waals surface area contributed by atoms with Gasteiger partial charge in [-0.3, -0.25) is 9.78 Å². The Kier molecular flexibility index (Phi) is 9.97. The fourth-order valence-electron chi connectivity index (χ4n) is 2.95. The fourth-order valence-corrected chi connectivity index (χ4v) is 2.95. The van der Waals surface area contributed by atoms with E-state index in [0.717, 1.165) is 34.0 Å². The Morgan fingerprint density at radius 3 is 2.52 bits per heavy atom. The van der Waals surface area contributed by atoms with Crippen LogP contribution in [0, 0.1) is 0 Å². The predicted octanol–water partition coefficient (Wildman–Crippen LogP) is 5.68. The number of carbonyl (C=O) groups is 1. The quantitative estimate of drug-likeness (QED) is 0.591. The second-order valence-electron chi connectivity index (χ2n) is 6.58. The number of aliphatic hydroxyl groups is 1. The number of nitrogens with zero attached hydrogens (tertiary/aromatic N) is 2. The molecule has 156 valence electrons. The van der Waals surface area contributed by atoms with Gasteiger partial charge in [0, 0.05) is 36.3 Å². The minimum atomic E-state index is -0.519. The predicted molar refractivity (Wildman–Crippen MR) is 123 cm³/mol. The van der Waals surface area contributed by atoms with Gasteiger partial charge in [0.1, 0.15) is 5.82 Å². The topological polar surface area (TPSA) is 75.1 Å². The molecule has 2 heterocycles. The molecule has 0 aliphatic carbocycles.